The number of benzene rings is 1. The van der Waals surface area contributed by atoms with Crippen LogP contribution in [0.5, 0.6) is 0 Å². The summed E-state index contributed by atoms with van der Waals surface area (Å²) >= 11 is 0. The van der Waals surface area contributed by atoms with E-state index < -0.39 is 7.12 Å². The monoisotopic (exact) mass is 220 g/mol. The minimum Gasteiger partial charge on any atom is -0.481 e. The molecule has 0 bridgehead atoms. The number of hydrogen-bond acceptors (Lipinski definition) is 5. The van der Waals surface area contributed by atoms with Crippen molar-refractivity contribution in [2.75, 3.05) is 7.11 Å². The number of nitrogens with one attached hydrogen (secondary N) is 1. The van der Waals surface area contributed by atoms with E-state index in [1.165, 1.54) is 25.3 Å². The second-order valence-electron chi connectivity index (χ2n) is 2.87. The van der Waals surface area contributed by atoms with Gasteiger partial charge in [0.05, 0.1) is 7.11 Å². The second kappa shape index (κ2) is 5.17. The minimum absolute atomic E-state index is 0.0526. The van der Waals surface area contributed by atoms with Crippen molar-refractivity contribution in [3.8, 4) is 0 Å². The third-order valence-electron chi connectivity index (χ3n) is 1.93. The minimum atomic E-state index is -1.73. The molecule has 1 aromatic rings. The zero-order valence-electron chi connectivity index (χ0n) is 8.45. The first-order valence-corrected chi connectivity index (χ1v) is 4.28. The Morgan fingerprint density at radius 1 is 1.56 bits per heavy atom. The molecule has 0 heterocycles. The van der Waals surface area contributed by atoms with E-state index in [4.69, 9.17) is 25.7 Å². The van der Waals surface area contributed by atoms with Crippen LogP contribution >= 0.6 is 0 Å². The summed E-state index contributed by atoms with van der Waals surface area (Å²) in [5, 5.41) is 28.7. The lowest BCUT2D eigenvalue weighted by Gasteiger charge is -2.07. The molecule has 0 saturated heterocycles. The summed E-state index contributed by atoms with van der Waals surface area (Å²) in [6.07, 6.45) is 0. The van der Waals surface area contributed by atoms with Crippen molar-refractivity contribution in [2.45, 2.75) is 0 Å². The Balaban J connectivity index is 3.27. The molecule has 0 amide bonds. The van der Waals surface area contributed by atoms with E-state index in [-0.39, 0.29) is 17.0 Å². The van der Waals surface area contributed by atoms with Crippen molar-refractivity contribution >= 4 is 24.2 Å². The fourth-order valence-corrected chi connectivity index (χ4v) is 1.16. The maximum Gasteiger partial charge on any atom is 0.488 e. The Morgan fingerprint density at radius 3 is 2.75 bits per heavy atom. The Bertz CT molecular complexity index is 457. The van der Waals surface area contributed by atoms with E-state index in [1.807, 2.05) is 0 Å². The highest BCUT2D eigenvalue weighted by Crippen LogP contribution is 2.13. The SMILES string of the molecule is COC(=N)c1ccc(B(O)O)c(N=[N+]=[N-])c1. The van der Waals surface area contributed by atoms with Crippen LogP contribution in [-0.2, 0) is 4.74 Å². The summed E-state index contributed by atoms with van der Waals surface area (Å²) < 4.78 is 4.69. The molecule has 3 N–H and O–H groups in total. The Morgan fingerprint density at radius 2 is 2.25 bits per heavy atom. The van der Waals surface area contributed by atoms with Crippen LogP contribution in [0.2, 0.25) is 0 Å². The molecule has 0 aliphatic carbocycles. The Hall–Kier alpha value is -2.02. The highest BCUT2D eigenvalue weighted by Gasteiger charge is 2.16. The number of rotatable bonds is 3. The predicted molar refractivity (Wildman–Crippen MR) is 58.9 cm³/mol. The summed E-state index contributed by atoms with van der Waals surface area (Å²) in [5.41, 5.74) is 8.83. The highest BCUT2D eigenvalue weighted by atomic mass is 16.5. The van der Waals surface area contributed by atoms with E-state index in [0.717, 1.165) is 0 Å². The van der Waals surface area contributed by atoms with Crippen molar-refractivity contribution in [1.29, 1.82) is 5.41 Å². The third kappa shape index (κ3) is 2.51. The molecule has 16 heavy (non-hydrogen) atoms. The smallest absolute Gasteiger partial charge is 0.481 e. The van der Waals surface area contributed by atoms with Gasteiger partial charge in [0.15, 0.2) is 0 Å². The topological polar surface area (TPSA) is 122 Å². The number of azide groups is 1. The van der Waals surface area contributed by atoms with Crippen molar-refractivity contribution in [3.05, 3.63) is 34.2 Å². The fourth-order valence-electron chi connectivity index (χ4n) is 1.16. The zero-order valence-corrected chi connectivity index (χ0v) is 8.45. The van der Waals surface area contributed by atoms with Crippen LogP contribution in [0, 0.1) is 5.41 Å². The lowest BCUT2D eigenvalue weighted by atomic mass is 9.78. The number of methoxy groups -OCH3 is 1. The number of nitrogens with zero attached hydrogens (tertiary/aromatic N) is 3. The maximum atomic E-state index is 9.01. The summed E-state index contributed by atoms with van der Waals surface area (Å²) in [7, 11) is -0.393. The first-order valence-electron chi connectivity index (χ1n) is 4.28. The lowest BCUT2D eigenvalue weighted by Crippen LogP contribution is -2.30. The molecule has 0 atom stereocenters. The molecule has 0 saturated carbocycles. The van der Waals surface area contributed by atoms with Crippen LogP contribution in [0.25, 0.3) is 10.4 Å². The van der Waals surface area contributed by atoms with Crippen LogP contribution in [0.3, 0.4) is 0 Å². The third-order valence-corrected chi connectivity index (χ3v) is 1.93. The van der Waals surface area contributed by atoms with Gasteiger partial charge in [0.25, 0.3) is 0 Å². The molecule has 0 aliphatic rings. The van der Waals surface area contributed by atoms with Crippen molar-refractivity contribution in [1.82, 2.24) is 0 Å². The van der Waals surface area contributed by atoms with Crippen LogP contribution in [0.15, 0.2) is 23.3 Å². The van der Waals surface area contributed by atoms with Crippen LogP contribution < -0.4 is 5.46 Å². The molecule has 0 unspecified atom stereocenters. The molecular weight excluding hydrogens is 211 g/mol. The highest BCUT2D eigenvalue weighted by molar-refractivity contribution is 6.60. The molecule has 82 valence electrons. The Labute approximate surface area is 91.6 Å². The molecular formula is C8H9BN4O3. The van der Waals surface area contributed by atoms with Gasteiger partial charge in [0, 0.05) is 16.2 Å². The molecule has 8 heteroatoms. The largest absolute Gasteiger partial charge is 0.488 e. The summed E-state index contributed by atoms with van der Waals surface area (Å²) in [6.45, 7) is 0. The van der Waals surface area contributed by atoms with Gasteiger partial charge in [0.1, 0.15) is 0 Å². The van der Waals surface area contributed by atoms with Gasteiger partial charge in [-0.2, -0.15) is 0 Å². The molecule has 1 rings (SSSR count). The van der Waals surface area contributed by atoms with Gasteiger partial charge in [-0.25, -0.2) is 0 Å². The van der Waals surface area contributed by atoms with Crippen molar-refractivity contribution < 1.29 is 14.8 Å². The van der Waals surface area contributed by atoms with Gasteiger partial charge >= 0.3 is 7.12 Å². The lowest BCUT2D eigenvalue weighted by molar-refractivity contribution is 0.401. The van der Waals surface area contributed by atoms with E-state index >= 15 is 0 Å². The van der Waals surface area contributed by atoms with E-state index in [9.17, 15) is 0 Å². The zero-order chi connectivity index (χ0) is 12.1. The van der Waals surface area contributed by atoms with Gasteiger partial charge in [-0.3, -0.25) is 5.41 Å². The van der Waals surface area contributed by atoms with Gasteiger partial charge in [-0.05, 0) is 23.1 Å². The molecule has 0 radical (unpaired) electrons. The van der Waals surface area contributed by atoms with Crippen molar-refractivity contribution in [2.24, 2.45) is 5.11 Å². The van der Waals surface area contributed by atoms with E-state index in [0.29, 0.717) is 5.56 Å². The van der Waals surface area contributed by atoms with Gasteiger partial charge in [-0.15, -0.1) is 0 Å². The average Bonchev–Trinajstić information content (AvgIpc) is 2.28. The molecule has 7 nitrogen and oxygen atoms in total. The van der Waals surface area contributed by atoms with Crippen LogP contribution in [0.1, 0.15) is 5.56 Å². The van der Waals surface area contributed by atoms with Crippen LogP contribution in [0.4, 0.5) is 5.69 Å². The standard InChI is InChI=1S/C8H9BN4O3/c1-16-8(10)5-2-3-6(9(14)15)7(4-5)12-13-11/h2-4,10,14-15H,1H3. The number of ether oxygens (including phenoxy) is 1. The predicted octanol–water partition coefficient (Wildman–Crippen LogP) is 0.280. The van der Waals surface area contributed by atoms with Crippen LogP contribution in [-0.4, -0.2) is 30.2 Å². The normalized spacial score (nSPS) is 9.19. The van der Waals surface area contributed by atoms with E-state index in [1.54, 1.807) is 0 Å². The molecule has 1 aromatic carbocycles. The first-order chi connectivity index (χ1) is 7.60. The molecule has 0 spiro atoms. The summed E-state index contributed by atoms with van der Waals surface area (Å²) in [4.78, 5) is 2.57. The summed E-state index contributed by atoms with van der Waals surface area (Å²) in [6, 6.07) is 4.18. The maximum absolute atomic E-state index is 9.01. The van der Waals surface area contributed by atoms with Gasteiger partial charge in [-0.1, -0.05) is 11.2 Å². The molecule has 0 aliphatic heterocycles. The molecule has 0 fully saturated rings. The quantitative estimate of drug-likeness (QED) is 0.169. The first kappa shape index (κ1) is 12.1. The fraction of sp³-hybridized carbons (Fsp3) is 0.125. The van der Waals surface area contributed by atoms with Gasteiger partial charge < -0.3 is 14.8 Å². The second-order valence-corrected chi connectivity index (χ2v) is 2.87. The van der Waals surface area contributed by atoms with Crippen molar-refractivity contribution in [3.63, 3.8) is 0 Å². The number of hydrogen-bond donors (Lipinski definition) is 3. The molecule has 0 aromatic heterocycles. The van der Waals surface area contributed by atoms with Gasteiger partial charge in [0.2, 0.25) is 5.90 Å². The summed E-state index contributed by atoms with van der Waals surface area (Å²) in [5.74, 6) is -0.103. The van der Waals surface area contributed by atoms with E-state index in [2.05, 4.69) is 10.0 Å². The average molecular weight is 220 g/mol. The Kier molecular flexibility index (Phi) is 3.90.